The molecule has 1 saturated heterocycles. The van der Waals surface area contributed by atoms with Crippen LogP contribution in [0.4, 0.5) is 0 Å². The molecule has 1 heterocycles. The standard InChI is InChI=1S/C20H31N3O2/c1-3-4-11-22(18(2)24)12-10-20(25)23-15-13-21(14-16-23)17-19-8-6-5-7-9-19/h5-9H,3-4,10-17H2,1-2H3. The van der Waals surface area contributed by atoms with Crippen LogP contribution in [0.5, 0.6) is 0 Å². The van der Waals surface area contributed by atoms with Gasteiger partial charge in [0.25, 0.3) is 0 Å². The molecule has 0 unspecified atom stereocenters. The van der Waals surface area contributed by atoms with Crippen molar-refractivity contribution in [3.63, 3.8) is 0 Å². The first kappa shape index (κ1) is 19.4. The highest BCUT2D eigenvalue weighted by Crippen LogP contribution is 2.10. The first-order valence-corrected chi connectivity index (χ1v) is 9.39. The number of nitrogens with zero attached hydrogens (tertiary/aromatic N) is 3. The Morgan fingerprint density at radius 3 is 2.32 bits per heavy atom. The van der Waals surface area contributed by atoms with Crippen molar-refractivity contribution in [2.75, 3.05) is 39.3 Å². The highest BCUT2D eigenvalue weighted by Gasteiger charge is 2.21. The predicted octanol–water partition coefficient (Wildman–Crippen LogP) is 2.37. The number of amides is 2. The summed E-state index contributed by atoms with van der Waals surface area (Å²) in [6.07, 6.45) is 2.48. The summed E-state index contributed by atoms with van der Waals surface area (Å²) >= 11 is 0. The molecule has 0 atom stereocenters. The van der Waals surface area contributed by atoms with E-state index in [1.165, 1.54) is 5.56 Å². The first-order chi connectivity index (χ1) is 12.1. The van der Waals surface area contributed by atoms with Crippen LogP contribution in [0.2, 0.25) is 0 Å². The quantitative estimate of drug-likeness (QED) is 0.726. The van der Waals surface area contributed by atoms with Crippen LogP contribution in [0.15, 0.2) is 30.3 Å². The SMILES string of the molecule is CCCCN(CCC(=O)N1CCN(Cc2ccccc2)CC1)C(C)=O. The topological polar surface area (TPSA) is 43.9 Å². The Hall–Kier alpha value is -1.88. The highest BCUT2D eigenvalue weighted by atomic mass is 16.2. The molecule has 0 bridgehead atoms. The number of unbranched alkanes of at least 4 members (excludes halogenated alkanes) is 1. The summed E-state index contributed by atoms with van der Waals surface area (Å²) < 4.78 is 0. The van der Waals surface area contributed by atoms with E-state index in [4.69, 9.17) is 0 Å². The van der Waals surface area contributed by atoms with E-state index >= 15 is 0 Å². The van der Waals surface area contributed by atoms with Crippen molar-refractivity contribution in [1.29, 1.82) is 0 Å². The lowest BCUT2D eigenvalue weighted by Gasteiger charge is -2.35. The third-order valence-electron chi connectivity index (χ3n) is 4.80. The summed E-state index contributed by atoms with van der Waals surface area (Å²) in [6, 6.07) is 10.4. The van der Waals surface area contributed by atoms with Gasteiger partial charge in [-0.15, -0.1) is 0 Å². The van der Waals surface area contributed by atoms with E-state index in [1.54, 1.807) is 11.8 Å². The van der Waals surface area contributed by atoms with E-state index in [0.717, 1.165) is 52.1 Å². The maximum Gasteiger partial charge on any atom is 0.224 e. The monoisotopic (exact) mass is 345 g/mol. The summed E-state index contributed by atoms with van der Waals surface area (Å²) in [4.78, 5) is 30.2. The van der Waals surface area contributed by atoms with E-state index in [2.05, 4.69) is 36.1 Å². The number of piperazine rings is 1. The van der Waals surface area contributed by atoms with Gasteiger partial charge >= 0.3 is 0 Å². The Morgan fingerprint density at radius 1 is 1.04 bits per heavy atom. The van der Waals surface area contributed by atoms with Gasteiger partial charge in [-0.2, -0.15) is 0 Å². The van der Waals surface area contributed by atoms with Gasteiger partial charge in [-0.3, -0.25) is 14.5 Å². The molecule has 0 spiro atoms. The summed E-state index contributed by atoms with van der Waals surface area (Å²) in [6.45, 7) is 9.31. The maximum absolute atomic E-state index is 12.4. The molecule has 1 aromatic rings. The van der Waals surface area contributed by atoms with Crippen LogP contribution in [0.3, 0.4) is 0 Å². The van der Waals surface area contributed by atoms with Crippen LogP contribution in [-0.4, -0.2) is 65.8 Å². The Labute approximate surface area is 151 Å². The minimum Gasteiger partial charge on any atom is -0.342 e. The Balaban J connectivity index is 1.72. The molecule has 1 aromatic carbocycles. The average molecular weight is 345 g/mol. The molecule has 0 saturated carbocycles. The van der Waals surface area contributed by atoms with Crippen molar-refractivity contribution >= 4 is 11.8 Å². The Kier molecular flexibility index (Phi) is 7.92. The van der Waals surface area contributed by atoms with E-state index in [9.17, 15) is 9.59 Å². The molecule has 138 valence electrons. The molecule has 0 N–H and O–H groups in total. The van der Waals surface area contributed by atoms with Crippen LogP contribution in [0.25, 0.3) is 0 Å². The fourth-order valence-corrected chi connectivity index (χ4v) is 3.16. The zero-order chi connectivity index (χ0) is 18.1. The van der Waals surface area contributed by atoms with Gasteiger partial charge in [-0.1, -0.05) is 43.7 Å². The van der Waals surface area contributed by atoms with Crippen LogP contribution in [0, 0.1) is 0 Å². The lowest BCUT2D eigenvalue weighted by Crippen LogP contribution is -2.49. The van der Waals surface area contributed by atoms with Crippen molar-refractivity contribution in [1.82, 2.24) is 14.7 Å². The number of carbonyl (C=O) groups excluding carboxylic acids is 2. The lowest BCUT2D eigenvalue weighted by molar-refractivity contribution is -0.134. The van der Waals surface area contributed by atoms with E-state index < -0.39 is 0 Å². The smallest absolute Gasteiger partial charge is 0.224 e. The van der Waals surface area contributed by atoms with Crippen molar-refractivity contribution in [2.45, 2.75) is 39.7 Å². The second kappa shape index (κ2) is 10.2. The van der Waals surface area contributed by atoms with Crippen LogP contribution in [-0.2, 0) is 16.1 Å². The van der Waals surface area contributed by atoms with Crippen molar-refractivity contribution < 1.29 is 9.59 Å². The molecule has 25 heavy (non-hydrogen) atoms. The summed E-state index contributed by atoms with van der Waals surface area (Å²) in [5.41, 5.74) is 1.32. The van der Waals surface area contributed by atoms with Gasteiger partial charge in [-0.05, 0) is 12.0 Å². The van der Waals surface area contributed by atoms with Crippen molar-refractivity contribution in [2.24, 2.45) is 0 Å². The lowest BCUT2D eigenvalue weighted by atomic mass is 10.2. The third kappa shape index (κ3) is 6.50. The zero-order valence-corrected chi connectivity index (χ0v) is 15.6. The predicted molar refractivity (Wildman–Crippen MR) is 100 cm³/mol. The van der Waals surface area contributed by atoms with Gasteiger partial charge in [-0.25, -0.2) is 0 Å². The molecule has 5 heteroatoms. The molecule has 5 nitrogen and oxygen atoms in total. The molecule has 1 aliphatic heterocycles. The normalized spacial score (nSPS) is 15.2. The van der Waals surface area contributed by atoms with Gasteiger partial charge < -0.3 is 9.80 Å². The number of benzene rings is 1. The molecule has 1 fully saturated rings. The van der Waals surface area contributed by atoms with Crippen molar-refractivity contribution in [3.8, 4) is 0 Å². The summed E-state index contributed by atoms with van der Waals surface area (Å²) in [5, 5.41) is 0. The second-order valence-corrected chi connectivity index (χ2v) is 6.75. The Morgan fingerprint density at radius 2 is 1.72 bits per heavy atom. The van der Waals surface area contributed by atoms with Crippen LogP contribution in [0.1, 0.15) is 38.7 Å². The third-order valence-corrected chi connectivity index (χ3v) is 4.80. The molecule has 2 amide bonds. The number of hydrogen-bond acceptors (Lipinski definition) is 3. The second-order valence-electron chi connectivity index (χ2n) is 6.75. The fraction of sp³-hybridized carbons (Fsp3) is 0.600. The average Bonchev–Trinajstić information content (AvgIpc) is 2.62. The molecule has 2 rings (SSSR count). The molecular formula is C20H31N3O2. The minimum absolute atomic E-state index is 0.0638. The van der Waals surface area contributed by atoms with Gasteiger partial charge in [0.05, 0.1) is 0 Å². The van der Waals surface area contributed by atoms with Crippen LogP contribution < -0.4 is 0 Å². The van der Waals surface area contributed by atoms with Gasteiger partial charge in [0, 0.05) is 59.2 Å². The Bertz CT molecular complexity index is 539. The summed E-state index contributed by atoms with van der Waals surface area (Å²) in [5.74, 6) is 0.232. The number of rotatable bonds is 8. The molecule has 0 aromatic heterocycles. The molecule has 1 aliphatic rings. The van der Waals surface area contributed by atoms with Crippen molar-refractivity contribution in [3.05, 3.63) is 35.9 Å². The molecule has 0 radical (unpaired) electrons. The summed E-state index contributed by atoms with van der Waals surface area (Å²) in [7, 11) is 0. The first-order valence-electron chi connectivity index (χ1n) is 9.39. The molecular weight excluding hydrogens is 314 g/mol. The van der Waals surface area contributed by atoms with Gasteiger partial charge in [0.15, 0.2) is 0 Å². The highest BCUT2D eigenvalue weighted by molar-refractivity contribution is 5.78. The van der Waals surface area contributed by atoms with E-state index in [-0.39, 0.29) is 11.8 Å². The number of hydrogen-bond donors (Lipinski definition) is 0. The van der Waals surface area contributed by atoms with E-state index in [1.807, 2.05) is 11.0 Å². The van der Waals surface area contributed by atoms with Crippen LogP contribution >= 0.6 is 0 Å². The fourth-order valence-electron chi connectivity index (χ4n) is 3.16. The number of carbonyl (C=O) groups is 2. The van der Waals surface area contributed by atoms with Gasteiger partial charge in [0.2, 0.25) is 11.8 Å². The van der Waals surface area contributed by atoms with E-state index in [0.29, 0.717) is 13.0 Å². The molecule has 0 aliphatic carbocycles. The van der Waals surface area contributed by atoms with Gasteiger partial charge in [0.1, 0.15) is 0 Å². The minimum atomic E-state index is 0.0638. The largest absolute Gasteiger partial charge is 0.342 e. The zero-order valence-electron chi connectivity index (χ0n) is 15.6. The maximum atomic E-state index is 12.4.